The monoisotopic (exact) mass is 288 g/mol. The predicted octanol–water partition coefficient (Wildman–Crippen LogP) is 3.16. The summed E-state index contributed by atoms with van der Waals surface area (Å²) in [5.74, 6) is -0.0324. The average Bonchev–Trinajstić information content (AvgIpc) is 3.20. The van der Waals surface area contributed by atoms with Crippen LogP contribution in [0.3, 0.4) is 0 Å². The SMILES string of the molecule is CCNc1cc(N(C)C(C)C2CC2)nc(C(F)(F)F)n1. The molecule has 1 aromatic rings. The molecule has 1 fully saturated rings. The van der Waals surface area contributed by atoms with Crippen molar-refractivity contribution in [3.63, 3.8) is 0 Å². The first-order valence-corrected chi connectivity index (χ1v) is 6.76. The van der Waals surface area contributed by atoms with Crippen LogP contribution in [0.15, 0.2) is 6.07 Å². The molecule has 1 N–H and O–H groups in total. The molecule has 0 amide bonds. The van der Waals surface area contributed by atoms with Gasteiger partial charge in [-0.15, -0.1) is 0 Å². The number of hydrogen-bond acceptors (Lipinski definition) is 4. The Morgan fingerprint density at radius 1 is 1.40 bits per heavy atom. The molecule has 1 aliphatic rings. The molecule has 0 spiro atoms. The summed E-state index contributed by atoms with van der Waals surface area (Å²) in [6.07, 6.45) is -2.28. The second-order valence-corrected chi connectivity index (χ2v) is 5.15. The number of halogens is 3. The van der Waals surface area contributed by atoms with Gasteiger partial charge >= 0.3 is 6.18 Å². The lowest BCUT2D eigenvalue weighted by molar-refractivity contribution is -0.144. The lowest BCUT2D eigenvalue weighted by atomic mass is 10.2. The maximum atomic E-state index is 12.9. The number of hydrogen-bond donors (Lipinski definition) is 1. The molecule has 0 bridgehead atoms. The van der Waals surface area contributed by atoms with Gasteiger partial charge in [-0.05, 0) is 32.6 Å². The Hall–Kier alpha value is -1.53. The van der Waals surface area contributed by atoms with Crippen LogP contribution in [-0.2, 0) is 6.18 Å². The lowest BCUT2D eigenvalue weighted by Gasteiger charge is -2.26. The Labute approximate surface area is 116 Å². The van der Waals surface area contributed by atoms with Crippen LogP contribution < -0.4 is 10.2 Å². The summed E-state index contributed by atoms with van der Waals surface area (Å²) in [6, 6.07) is 1.75. The zero-order valence-corrected chi connectivity index (χ0v) is 11.8. The second kappa shape index (κ2) is 5.46. The molecular formula is C13H19F3N4. The van der Waals surface area contributed by atoms with E-state index in [9.17, 15) is 13.2 Å². The van der Waals surface area contributed by atoms with Gasteiger partial charge in [0.2, 0.25) is 5.82 Å². The quantitative estimate of drug-likeness (QED) is 0.903. The minimum atomic E-state index is -4.54. The van der Waals surface area contributed by atoms with Gasteiger partial charge in [0.15, 0.2) is 0 Å². The van der Waals surface area contributed by atoms with Gasteiger partial charge in [0.05, 0.1) is 0 Å². The highest BCUT2D eigenvalue weighted by Gasteiger charge is 2.37. The molecule has 1 aromatic heterocycles. The summed E-state index contributed by atoms with van der Waals surface area (Å²) in [5, 5.41) is 2.82. The molecule has 1 aliphatic carbocycles. The van der Waals surface area contributed by atoms with Crippen LogP contribution in [0.2, 0.25) is 0 Å². The van der Waals surface area contributed by atoms with Gasteiger partial charge in [0, 0.05) is 25.7 Å². The zero-order valence-electron chi connectivity index (χ0n) is 11.8. The Balaban J connectivity index is 2.32. The van der Waals surface area contributed by atoms with Gasteiger partial charge in [0.25, 0.3) is 0 Å². The Bertz CT molecular complexity index is 471. The van der Waals surface area contributed by atoms with Crippen molar-refractivity contribution >= 4 is 11.6 Å². The third kappa shape index (κ3) is 3.32. The van der Waals surface area contributed by atoms with Crippen LogP contribution in [0.1, 0.15) is 32.5 Å². The van der Waals surface area contributed by atoms with Gasteiger partial charge in [-0.3, -0.25) is 0 Å². The first-order valence-electron chi connectivity index (χ1n) is 6.76. The summed E-state index contributed by atoms with van der Waals surface area (Å²) in [5.41, 5.74) is 0. The van der Waals surface area contributed by atoms with Crippen molar-refractivity contribution < 1.29 is 13.2 Å². The molecular weight excluding hydrogens is 269 g/mol. The Kier molecular flexibility index (Phi) is 4.06. The van der Waals surface area contributed by atoms with Gasteiger partial charge in [-0.1, -0.05) is 0 Å². The number of nitrogens with one attached hydrogen (secondary N) is 1. The largest absolute Gasteiger partial charge is 0.451 e. The Morgan fingerprint density at radius 2 is 2.05 bits per heavy atom. The highest BCUT2D eigenvalue weighted by molar-refractivity contribution is 5.50. The minimum Gasteiger partial charge on any atom is -0.370 e. The first-order chi connectivity index (χ1) is 9.32. The van der Waals surface area contributed by atoms with E-state index in [2.05, 4.69) is 15.3 Å². The van der Waals surface area contributed by atoms with Crippen molar-refractivity contribution in [3.8, 4) is 0 Å². The van der Waals surface area contributed by atoms with Crippen LogP contribution in [0, 0.1) is 5.92 Å². The lowest BCUT2D eigenvalue weighted by Crippen LogP contribution is -2.32. The van der Waals surface area contributed by atoms with E-state index >= 15 is 0 Å². The van der Waals surface area contributed by atoms with Crippen molar-refractivity contribution in [2.45, 2.75) is 38.9 Å². The summed E-state index contributed by atoms with van der Waals surface area (Å²) < 4.78 is 38.6. The van der Waals surface area contributed by atoms with Crippen molar-refractivity contribution in [3.05, 3.63) is 11.9 Å². The standard InChI is InChI=1S/C13H19F3N4/c1-4-17-10-7-11(19-12(18-10)13(14,15)16)20(3)8(2)9-5-6-9/h7-9H,4-6H2,1-3H3,(H,17,18,19). The minimum absolute atomic E-state index is 0.181. The van der Waals surface area contributed by atoms with E-state index in [1.165, 1.54) is 0 Å². The third-order valence-corrected chi connectivity index (χ3v) is 3.60. The van der Waals surface area contributed by atoms with Crippen molar-refractivity contribution in [1.29, 1.82) is 0 Å². The number of anilines is 2. The van der Waals surface area contributed by atoms with Crippen LogP contribution in [0.25, 0.3) is 0 Å². The molecule has 112 valence electrons. The molecule has 1 heterocycles. The van der Waals surface area contributed by atoms with E-state index in [4.69, 9.17) is 0 Å². The molecule has 0 saturated heterocycles. The maximum absolute atomic E-state index is 12.9. The van der Waals surface area contributed by atoms with Gasteiger partial charge in [-0.25, -0.2) is 9.97 Å². The molecule has 1 atom stereocenters. The number of rotatable bonds is 5. The fraction of sp³-hybridized carbons (Fsp3) is 0.692. The summed E-state index contributed by atoms with van der Waals surface area (Å²) >= 11 is 0. The number of nitrogens with zero attached hydrogens (tertiary/aromatic N) is 3. The summed E-state index contributed by atoms with van der Waals surface area (Å²) in [7, 11) is 1.78. The molecule has 0 aliphatic heterocycles. The second-order valence-electron chi connectivity index (χ2n) is 5.15. The van der Waals surface area contributed by atoms with Crippen molar-refractivity contribution in [2.24, 2.45) is 5.92 Å². The van der Waals surface area contributed by atoms with Crippen LogP contribution in [0.4, 0.5) is 24.8 Å². The highest BCUT2D eigenvalue weighted by atomic mass is 19.4. The molecule has 1 unspecified atom stereocenters. The third-order valence-electron chi connectivity index (χ3n) is 3.60. The van der Waals surface area contributed by atoms with Crippen molar-refractivity contribution in [1.82, 2.24) is 9.97 Å². The van der Waals surface area contributed by atoms with E-state index in [1.807, 2.05) is 13.8 Å². The van der Waals surface area contributed by atoms with Gasteiger partial charge < -0.3 is 10.2 Å². The fourth-order valence-electron chi connectivity index (χ4n) is 2.12. The topological polar surface area (TPSA) is 41.0 Å². The van der Waals surface area contributed by atoms with E-state index < -0.39 is 12.0 Å². The zero-order chi connectivity index (χ0) is 14.9. The highest BCUT2D eigenvalue weighted by Crippen LogP contribution is 2.36. The molecule has 20 heavy (non-hydrogen) atoms. The van der Waals surface area contributed by atoms with E-state index in [0.29, 0.717) is 18.3 Å². The molecule has 2 rings (SSSR count). The fourth-order valence-corrected chi connectivity index (χ4v) is 2.12. The smallest absolute Gasteiger partial charge is 0.370 e. The summed E-state index contributed by atoms with van der Waals surface area (Å²) in [6.45, 7) is 4.33. The normalized spacial score (nSPS) is 16.9. The average molecular weight is 288 g/mol. The maximum Gasteiger partial charge on any atom is 0.451 e. The van der Waals surface area contributed by atoms with Crippen LogP contribution in [0.5, 0.6) is 0 Å². The number of alkyl halides is 3. The molecule has 4 nitrogen and oxygen atoms in total. The van der Waals surface area contributed by atoms with E-state index in [0.717, 1.165) is 12.8 Å². The first kappa shape index (κ1) is 14.9. The Morgan fingerprint density at radius 3 is 2.55 bits per heavy atom. The number of aromatic nitrogens is 2. The molecule has 0 aromatic carbocycles. The molecule has 0 radical (unpaired) electrons. The van der Waals surface area contributed by atoms with Gasteiger partial charge in [-0.2, -0.15) is 13.2 Å². The van der Waals surface area contributed by atoms with Crippen molar-refractivity contribution in [2.75, 3.05) is 23.8 Å². The van der Waals surface area contributed by atoms with Crippen LogP contribution >= 0.6 is 0 Å². The molecule has 7 heteroatoms. The van der Waals surface area contributed by atoms with Crippen LogP contribution in [-0.4, -0.2) is 29.6 Å². The van der Waals surface area contributed by atoms with Gasteiger partial charge in [0.1, 0.15) is 11.6 Å². The molecule has 1 saturated carbocycles. The van der Waals surface area contributed by atoms with E-state index in [1.54, 1.807) is 18.0 Å². The summed E-state index contributed by atoms with van der Waals surface area (Å²) in [4.78, 5) is 8.99. The predicted molar refractivity (Wildman–Crippen MR) is 71.8 cm³/mol. The van der Waals surface area contributed by atoms with E-state index in [-0.39, 0.29) is 11.9 Å².